The summed E-state index contributed by atoms with van der Waals surface area (Å²) in [4.78, 5) is 12.9. The summed E-state index contributed by atoms with van der Waals surface area (Å²) < 4.78 is 5.73. The molecule has 2 aliphatic rings. The average Bonchev–Trinajstić information content (AvgIpc) is 3.08. The van der Waals surface area contributed by atoms with E-state index in [1.807, 2.05) is 13.0 Å². The highest BCUT2D eigenvalue weighted by molar-refractivity contribution is 6.13. The zero-order chi connectivity index (χ0) is 13.7. The standard InChI is InChI=1S/C18H18O2/c1-18(10-3-11-20-18)17(19)15-9-8-13-7-6-12-4-2-5-14(15)16(12)13/h2,4-5,8-9H,3,6-7,10-11H2,1H3. The van der Waals surface area contributed by atoms with Gasteiger partial charge in [-0.25, -0.2) is 0 Å². The van der Waals surface area contributed by atoms with Crippen molar-refractivity contribution in [2.24, 2.45) is 0 Å². The maximum atomic E-state index is 12.9. The van der Waals surface area contributed by atoms with Crippen LogP contribution >= 0.6 is 0 Å². The van der Waals surface area contributed by atoms with E-state index in [9.17, 15) is 4.79 Å². The summed E-state index contributed by atoms with van der Waals surface area (Å²) >= 11 is 0. The fraction of sp³-hybridized carbons (Fsp3) is 0.389. The Morgan fingerprint density at radius 2 is 1.95 bits per heavy atom. The molecule has 1 unspecified atom stereocenters. The summed E-state index contributed by atoms with van der Waals surface area (Å²) in [6, 6.07) is 10.5. The first-order valence-electron chi connectivity index (χ1n) is 7.41. The Kier molecular flexibility index (Phi) is 2.52. The van der Waals surface area contributed by atoms with Gasteiger partial charge < -0.3 is 4.74 Å². The molecule has 2 aromatic rings. The number of carbonyl (C=O) groups is 1. The number of carbonyl (C=O) groups excluding carboxylic acids is 1. The molecule has 0 saturated carbocycles. The quantitative estimate of drug-likeness (QED) is 0.775. The van der Waals surface area contributed by atoms with Gasteiger partial charge in [-0.3, -0.25) is 4.79 Å². The van der Waals surface area contributed by atoms with E-state index in [0.29, 0.717) is 6.61 Å². The van der Waals surface area contributed by atoms with E-state index < -0.39 is 5.60 Å². The smallest absolute Gasteiger partial charge is 0.194 e. The largest absolute Gasteiger partial charge is 0.367 e. The van der Waals surface area contributed by atoms with Crippen LogP contribution in [0.25, 0.3) is 10.8 Å². The maximum absolute atomic E-state index is 12.9. The molecule has 0 spiro atoms. The van der Waals surface area contributed by atoms with Gasteiger partial charge in [-0.05, 0) is 54.5 Å². The third-order valence-electron chi connectivity index (χ3n) is 4.82. The van der Waals surface area contributed by atoms with Crippen LogP contribution in [0.4, 0.5) is 0 Å². The van der Waals surface area contributed by atoms with Crippen LogP contribution in [0.1, 0.15) is 41.3 Å². The minimum Gasteiger partial charge on any atom is -0.367 e. The van der Waals surface area contributed by atoms with Crippen LogP contribution in [0.3, 0.4) is 0 Å². The lowest BCUT2D eigenvalue weighted by Gasteiger charge is -2.22. The Balaban J connectivity index is 1.91. The van der Waals surface area contributed by atoms with E-state index in [-0.39, 0.29) is 5.78 Å². The number of rotatable bonds is 2. The van der Waals surface area contributed by atoms with Crippen molar-refractivity contribution < 1.29 is 9.53 Å². The first-order valence-corrected chi connectivity index (χ1v) is 7.41. The summed E-state index contributed by atoms with van der Waals surface area (Å²) in [5.74, 6) is 0.144. The van der Waals surface area contributed by atoms with Crippen molar-refractivity contribution >= 4 is 16.6 Å². The SMILES string of the molecule is CC1(C(=O)c2ccc3c4c(cccc24)CC3)CCCO1. The highest BCUT2D eigenvalue weighted by atomic mass is 16.5. The normalized spacial score (nSPS) is 24.4. The minimum absolute atomic E-state index is 0.144. The molecular weight excluding hydrogens is 248 g/mol. The van der Waals surface area contributed by atoms with E-state index in [1.165, 1.54) is 16.5 Å². The molecule has 2 aromatic carbocycles. The van der Waals surface area contributed by atoms with Gasteiger partial charge in [-0.2, -0.15) is 0 Å². The number of hydrogen-bond donors (Lipinski definition) is 0. The molecule has 0 bridgehead atoms. The Labute approximate surface area is 118 Å². The highest BCUT2D eigenvalue weighted by Gasteiger charge is 2.39. The molecule has 2 nitrogen and oxygen atoms in total. The fourth-order valence-corrected chi connectivity index (χ4v) is 3.69. The predicted molar refractivity (Wildman–Crippen MR) is 79.3 cm³/mol. The van der Waals surface area contributed by atoms with Crippen LogP contribution < -0.4 is 0 Å². The molecule has 1 aliphatic carbocycles. The van der Waals surface area contributed by atoms with Crippen LogP contribution in [0.5, 0.6) is 0 Å². The van der Waals surface area contributed by atoms with Gasteiger partial charge in [0.25, 0.3) is 0 Å². The summed E-state index contributed by atoms with van der Waals surface area (Å²) in [6.45, 7) is 2.63. The van der Waals surface area contributed by atoms with E-state index in [1.54, 1.807) is 0 Å². The van der Waals surface area contributed by atoms with Crippen LogP contribution in [0, 0.1) is 0 Å². The van der Waals surface area contributed by atoms with Gasteiger partial charge in [0.15, 0.2) is 5.78 Å². The molecule has 102 valence electrons. The summed E-state index contributed by atoms with van der Waals surface area (Å²) in [6.07, 6.45) is 3.99. The van der Waals surface area contributed by atoms with Crippen LogP contribution in [-0.4, -0.2) is 18.0 Å². The molecule has 20 heavy (non-hydrogen) atoms. The van der Waals surface area contributed by atoms with E-state index in [0.717, 1.165) is 36.6 Å². The molecule has 2 heteroatoms. The number of benzene rings is 2. The molecular formula is C18H18O2. The second-order valence-electron chi connectivity index (χ2n) is 6.12. The van der Waals surface area contributed by atoms with Crippen molar-refractivity contribution in [1.82, 2.24) is 0 Å². The Morgan fingerprint density at radius 3 is 2.70 bits per heavy atom. The summed E-state index contributed by atoms with van der Waals surface area (Å²) in [7, 11) is 0. The lowest BCUT2D eigenvalue weighted by Crippen LogP contribution is -2.34. The number of ether oxygens (including phenoxy) is 1. The van der Waals surface area contributed by atoms with Gasteiger partial charge in [0.1, 0.15) is 5.60 Å². The molecule has 1 fully saturated rings. The lowest BCUT2D eigenvalue weighted by molar-refractivity contribution is 0.0215. The second kappa shape index (κ2) is 4.16. The van der Waals surface area contributed by atoms with Gasteiger partial charge in [0, 0.05) is 12.2 Å². The van der Waals surface area contributed by atoms with E-state index in [2.05, 4.69) is 24.3 Å². The third kappa shape index (κ3) is 1.58. The van der Waals surface area contributed by atoms with Crippen molar-refractivity contribution in [3.8, 4) is 0 Å². The first-order chi connectivity index (χ1) is 9.69. The summed E-state index contributed by atoms with van der Waals surface area (Å²) in [5.41, 5.74) is 2.96. The lowest BCUT2D eigenvalue weighted by atomic mass is 9.88. The fourth-order valence-electron chi connectivity index (χ4n) is 3.69. The minimum atomic E-state index is -0.626. The Hall–Kier alpha value is -1.67. The molecule has 0 amide bonds. The number of ketones is 1. The van der Waals surface area contributed by atoms with Gasteiger partial charge in [-0.1, -0.05) is 30.3 Å². The first kappa shape index (κ1) is 12.1. The van der Waals surface area contributed by atoms with Crippen molar-refractivity contribution in [1.29, 1.82) is 0 Å². The zero-order valence-electron chi connectivity index (χ0n) is 11.7. The van der Waals surface area contributed by atoms with Crippen molar-refractivity contribution in [2.75, 3.05) is 6.61 Å². The molecule has 1 atom stereocenters. The molecule has 1 aliphatic heterocycles. The predicted octanol–water partition coefficient (Wildman–Crippen LogP) is 3.69. The van der Waals surface area contributed by atoms with Gasteiger partial charge in [0.2, 0.25) is 0 Å². The molecule has 1 saturated heterocycles. The van der Waals surface area contributed by atoms with Gasteiger partial charge >= 0.3 is 0 Å². The summed E-state index contributed by atoms with van der Waals surface area (Å²) in [5, 5.41) is 2.42. The number of aryl methyl sites for hydroxylation is 2. The van der Waals surface area contributed by atoms with Crippen LogP contribution in [0.2, 0.25) is 0 Å². The van der Waals surface area contributed by atoms with Crippen molar-refractivity contribution in [2.45, 2.75) is 38.2 Å². The molecule has 0 radical (unpaired) electrons. The van der Waals surface area contributed by atoms with E-state index >= 15 is 0 Å². The number of hydrogen-bond acceptors (Lipinski definition) is 2. The van der Waals surface area contributed by atoms with Gasteiger partial charge in [-0.15, -0.1) is 0 Å². The topological polar surface area (TPSA) is 26.3 Å². The van der Waals surface area contributed by atoms with Crippen LogP contribution in [-0.2, 0) is 17.6 Å². The molecule has 1 heterocycles. The third-order valence-corrected chi connectivity index (χ3v) is 4.82. The Bertz CT molecular complexity index is 698. The Morgan fingerprint density at radius 1 is 1.15 bits per heavy atom. The zero-order valence-corrected chi connectivity index (χ0v) is 11.7. The molecule has 0 N–H and O–H groups in total. The molecule has 4 rings (SSSR count). The van der Waals surface area contributed by atoms with E-state index in [4.69, 9.17) is 4.74 Å². The monoisotopic (exact) mass is 266 g/mol. The van der Waals surface area contributed by atoms with Crippen molar-refractivity contribution in [3.05, 3.63) is 47.0 Å². The van der Waals surface area contributed by atoms with Crippen LogP contribution in [0.15, 0.2) is 30.3 Å². The van der Waals surface area contributed by atoms with Crippen molar-refractivity contribution in [3.63, 3.8) is 0 Å². The number of Topliss-reactive ketones (excluding diaryl/α,β-unsaturated/α-hetero) is 1. The highest BCUT2D eigenvalue weighted by Crippen LogP contribution is 2.36. The van der Waals surface area contributed by atoms with Gasteiger partial charge in [0.05, 0.1) is 0 Å². The average molecular weight is 266 g/mol. The molecule has 0 aromatic heterocycles. The second-order valence-corrected chi connectivity index (χ2v) is 6.12. The maximum Gasteiger partial charge on any atom is 0.194 e.